The normalized spacial score (nSPS) is 10.0. The first-order valence-corrected chi connectivity index (χ1v) is 3.29. The van der Waals surface area contributed by atoms with E-state index >= 15 is 0 Å². The highest BCUT2D eigenvalue weighted by atomic mass is 14.9. The summed E-state index contributed by atoms with van der Waals surface area (Å²) in [7, 11) is 2.06. The summed E-state index contributed by atoms with van der Waals surface area (Å²) in [6.07, 6.45) is 5.37. The van der Waals surface area contributed by atoms with Gasteiger partial charge in [0.2, 0.25) is 0 Å². The van der Waals surface area contributed by atoms with Crippen molar-refractivity contribution in [2.75, 3.05) is 0 Å². The molecular weight excluding hydrogens is 110 g/mol. The smallest absolute Gasteiger partial charge is 0.0209 e. The third kappa shape index (κ3) is 1.35. The van der Waals surface area contributed by atoms with Crippen LogP contribution in [0.3, 0.4) is 0 Å². The van der Waals surface area contributed by atoms with Crippen molar-refractivity contribution in [3.05, 3.63) is 30.4 Å². The van der Waals surface area contributed by atoms with Gasteiger partial charge in [-0.3, -0.25) is 0 Å². The maximum absolute atomic E-state index is 2.21. The molecule has 0 saturated heterocycles. The van der Waals surface area contributed by atoms with Crippen LogP contribution in [-0.2, 0) is 7.05 Å². The molecule has 0 unspecified atom stereocenters. The van der Waals surface area contributed by atoms with E-state index in [9.17, 15) is 0 Å². The maximum atomic E-state index is 2.21. The third-order valence-corrected chi connectivity index (χ3v) is 1.40. The van der Waals surface area contributed by atoms with Crippen LogP contribution in [0.15, 0.2) is 18.3 Å². The number of hydrogen-bond donors (Lipinski definition) is 0. The fourth-order valence-electron chi connectivity index (χ4n) is 0.896. The van der Waals surface area contributed by atoms with Crippen LogP contribution in [0.5, 0.6) is 0 Å². The van der Waals surface area contributed by atoms with Gasteiger partial charge in [0.05, 0.1) is 0 Å². The van der Waals surface area contributed by atoms with E-state index in [2.05, 4.69) is 43.3 Å². The lowest BCUT2D eigenvalue weighted by Gasteiger charge is -1.97. The van der Waals surface area contributed by atoms with Gasteiger partial charge in [0.1, 0.15) is 0 Å². The van der Waals surface area contributed by atoms with Crippen LogP contribution in [0.25, 0.3) is 0 Å². The van der Waals surface area contributed by atoms with Crippen LogP contribution in [0.4, 0.5) is 0 Å². The van der Waals surface area contributed by atoms with Crippen LogP contribution in [0.1, 0.15) is 19.0 Å². The molecular formula is C8H12N. The lowest BCUT2D eigenvalue weighted by molar-refractivity contribution is 0.872. The summed E-state index contributed by atoms with van der Waals surface area (Å²) in [5, 5.41) is 0. The van der Waals surface area contributed by atoms with Crippen molar-refractivity contribution < 1.29 is 0 Å². The number of rotatable bonds is 2. The first-order valence-electron chi connectivity index (χ1n) is 3.29. The van der Waals surface area contributed by atoms with Crippen molar-refractivity contribution in [1.29, 1.82) is 0 Å². The first kappa shape index (κ1) is 6.40. The SMILES string of the molecule is CC[CH]c1cccn1C. The zero-order valence-electron chi connectivity index (χ0n) is 5.96. The van der Waals surface area contributed by atoms with Crippen LogP contribution < -0.4 is 0 Å². The molecule has 0 N–H and O–H groups in total. The summed E-state index contributed by atoms with van der Waals surface area (Å²) in [6, 6.07) is 4.17. The number of nitrogens with zero attached hydrogens (tertiary/aromatic N) is 1. The molecule has 0 aromatic carbocycles. The first-order chi connectivity index (χ1) is 4.34. The second-order valence-corrected chi connectivity index (χ2v) is 2.16. The molecule has 1 aromatic heterocycles. The van der Waals surface area contributed by atoms with E-state index < -0.39 is 0 Å². The fraction of sp³-hybridized carbons (Fsp3) is 0.375. The van der Waals surface area contributed by atoms with Gasteiger partial charge in [-0.05, 0) is 18.6 Å². The minimum atomic E-state index is 1.11. The number of aryl methyl sites for hydroxylation is 1. The zero-order chi connectivity index (χ0) is 6.69. The molecule has 1 heterocycles. The fourth-order valence-corrected chi connectivity index (χ4v) is 0.896. The molecule has 0 bridgehead atoms. The van der Waals surface area contributed by atoms with Crippen LogP contribution in [0, 0.1) is 6.42 Å². The monoisotopic (exact) mass is 122 g/mol. The molecule has 1 nitrogen and oxygen atoms in total. The second kappa shape index (κ2) is 2.72. The predicted molar refractivity (Wildman–Crippen MR) is 39.1 cm³/mol. The standard InChI is InChI=1S/C8H12N/c1-3-5-8-6-4-7-9(8)2/h4-7H,3H2,1-2H3. The molecule has 0 spiro atoms. The predicted octanol–water partition coefficient (Wildman–Crippen LogP) is 1.99. The molecule has 1 heteroatoms. The molecule has 0 aliphatic heterocycles. The van der Waals surface area contributed by atoms with Crippen molar-refractivity contribution in [3.8, 4) is 0 Å². The number of hydrogen-bond acceptors (Lipinski definition) is 0. The third-order valence-electron chi connectivity index (χ3n) is 1.40. The molecule has 0 fully saturated rings. The summed E-state index contributed by atoms with van der Waals surface area (Å²) >= 11 is 0. The molecule has 0 saturated carbocycles. The average Bonchev–Trinajstić information content (AvgIpc) is 2.18. The molecule has 0 aliphatic rings. The Labute approximate surface area is 56.3 Å². The Bertz CT molecular complexity index is 176. The second-order valence-electron chi connectivity index (χ2n) is 2.16. The van der Waals surface area contributed by atoms with Gasteiger partial charge in [-0.15, -0.1) is 0 Å². The van der Waals surface area contributed by atoms with Crippen molar-refractivity contribution in [1.82, 2.24) is 4.57 Å². The van der Waals surface area contributed by atoms with E-state index in [0.717, 1.165) is 6.42 Å². The van der Waals surface area contributed by atoms with Gasteiger partial charge in [0.25, 0.3) is 0 Å². The van der Waals surface area contributed by atoms with E-state index in [1.54, 1.807) is 0 Å². The Hall–Kier alpha value is -0.720. The highest BCUT2D eigenvalue weighted by Gasteiger charge is 1.92. The maximum Gasteiger partial charge on any atom is 0.0209 e. The summed E-state index contributed by atoms with van der Waals surface area (Å²) in [6.45, 7) is 2.15. The Morgan fingerprint density at radius 1 is 1.67 bits per heavy atom. The highest BCUT2D eigenvalue weighted by molar-refractivity contribution is 5.14. The van der Waals surface area contributed by atoms with E-state index in [0.29, 0.717) is 0 Å². The largest absolute Gasteiger partial charge is 0.354 e. The quantitative estimate of drug-likeness (QED) is 0.565. The topological polar surface area (TPSA) is 4.93 Å². The summed E-state index contributed by atoms with van der Waals surface area (Å²) < 4.78 is 2.11. The molecule has 1 aromatic rings. The van der Waals surface area contributed by atoms with Crippen molar-refractivity contribution in [2.24, 2.45) is 7.05 Å². The van der Waals surface area contributed by atoms with Crippen LogP contribution >= 0.6 is 0 Å². The molecule has 0 aliphatic carbocycles. The Kier molecular flexibility index (Phi) is 1.93. The lowest BCUT2D eigenvalue weighted by Crippen LogP contribution is -1.90. The summed E-state index contributed by atoms with van der Waals surface area (Å²) in [4.78, 5) is 0. The molecule has 0 amide bonds. The van der Waals surface area contributed by atoms with E-state index in [1.807, 2.05) is 0 Å². The van der Waals surface area contributed by atoms with Crippen LogP contribution in [-0.4, -0.2) is 4.57 Å². The van der Waals surface area contributed by atoms with Gasteiger partial charge in [0, 0.05) is 25.4 Å². The molecule has 49 valence electrons. The molecule has 9 heavy (non-hydrogen) atoms. The molecule has 1 radical (unpaired) electrons. The molecule has 0 atom stereocenters. The van der Waals surface area contributed by atoms with Crippen LogP contribution in [0.2, 0.25) is 0 Å². The minimum absolute atomic E-state index is 1.11. The van der Waals surface area contributed by atoms with Gasteiger partial charge in [-0.1, -0.05) is 6.92 Å². The summed E-state index contributed by atoms with van der Waals surface area (Å²) in [5.74, 6) is 0. The van der Waals surface area contributed by atoms with Gasteiger partial charge in [-0.25, -0.2) is 0 Å². The van der Waals surface area contributed by atoms with E-state index in [1.165, 1.54) is 5.69 Å². The zero-order valence-corrected chi connectivity index (χ0v) is 5.96. The lowest BCUT2D eigenvalue weighted by atomic mass is 10.2. The van der Waals surface area contributed by atoms with Gasteiger partial charge < -0.3 is 4.57 Å². The van der Waals surface area contributed by atoms with Crippen molar-refractivity contribution >= 4 is 0 Å². The minimum Gasteiger partial charge on any atom is -0.354 e. The highest BCUT2D eigenvalue weighted by Crippen LogP contribution is 2.03. The number of aromatic nitrogens is 1. The van der Waals surface area contributed by atoms with Gasteiger partial charge in [0.15, 0.2) is 0 Å². The van der Waals surface area contributed by atoms with E-state index in [4.69, 9.17) is 0 Å². The van der Waals surface area contributed by atoms with Gasteiger partial charge >= 0.3 is 0 Å². The average molecular weight is 122 g/mol. The van der Waals surface area contributed by atoms with Gasteiger partial charge in [-0.2, -0.15) is 0 Å². The Morgan fingerprint density at radius 2 is 2.44 bits per heavy atom. The Balaban J connectivity index is 2.69. The van der Waals surface area contributed by atoms with E-state index in [-0.39, 0.29) is 0 Å². The Morgan fingerprint density at radius 3 is 2.89 bits per heavy atom. The molecule has 1 rings (SSSR count). The van der Waals surface area contributed by atoms with Crippen molar-refractivity contribution in [2.45, 2.75) is 13.3 Å². The summed E-state index contributed by atoms with van der Waals surface area (Å²) in [5.41, 5.74) is 1.30. The van der Waals surface area contributed by atoms with Crippen molar-refractivity contribution in [3.63, 3.8) is 0 Å².